The summed E-state index contributed by atoms with van der Waals surface area (Å²) in [5.74, 6) is 1.72. The highest BCUT2D eigenvalue weighted by Gasteiger charge is 2.23. The largest absolute Gasteiger partial charge is 0.299 e. The summed E-state index contributed by atoms with van der Waals surface area (Å²) >= 11 is 7.45. The van der Waals surface area contributed by atoms with E-state index in [9.17, 15) is 4.79 Å². The summed E-state index contributed by atoms with van der Waals surface area (Å²) in [6.07, 6.45) is 5.58. The van der Waals surface area contributed by atoms with Crippen LogP contribution in [0.5, 0.6) is 0 Å². The lowest BCUT2D eigenvalue weighted by molar-refractivity contribution is -0.120. The Balaban J connectivity index is 1.75. The molecule has 4 heteroatoms. The fourth-order valence-corrected chi connectivity index (χ4v) is 2.96. The molecule has 0 amide bonds. The monoisotopic (exact) mass is 255 g/mol. The van der Waals surface area contributed by atoms with Gasteiger partial charge in [-0.1, -0.05) is 11.6 Å². The number of nitrogens with zero attached hydrogens (tertiary/aromatic N) is 1. The molecule has 0 bridgehead atoms. The highest BCUT2D eigenvalue weighted by molar-refractivity contribution is 7.99. The Kier molecular flexibility index (Phi) is 4.24. The van der Waals surface area contributed by atoms with E-state index in [4.69, 9.17) is 11.6 Å². The van der Waals surface area contributed by atoms with E-state index in [1.807, 2.05) is 12.1 Å². The number of hydrogen-bond acceptors (Lipinski definition) is 3. The molecule has 0 spiro atoms. The Labute approximate surface area is 105 Å². The summed E-state index contributed by atoms with van der Waals surface area (Å²) in [4.78, 5) is 15.6. The molecule has 2 nitrogen and oxygen atoms in total. The smallest absolute Gasteiger partial charge is 0.136 e. The minimum Gasteiger partial charge on any atom is -0.299 e. The Morgan fingerprint density at radius 2 is 2.38 bits per heavy atom. The summed E-state index contributed by atoms with van der Waals surface area (Å²) in [5.41, 5.74) is 0. The number of ketones is 1. The summed E-state index contributed by atoms with van der Waals surface area (Å²) in [6, 6.07) is 3.76. The van der Waals surface area contributed by atoms with Crippen LogP contribution in [0.3, 0.4) is 0 Å². The average Bonchev–Trinajstić information content (AvgIpc) is 2.68. The first-order valence-corrected chi connectivity index (χ1v) is 6.89. The minimum absolute atomic E-state index is 0.305. The molecule has 1 atom stereocenters. The number of thioether (sulfide) groups is 1. The van der Waals surface area contributed by atoms with Gasteiger partial charge in [-0.3, -0.25) is 4.79 Å². The van der Waals surface area contributed by atoms with Crippen molar-refractivity contribution in [1.82, 2.24) is 4.98 Å². The van der Waals surface area contributed by atoms with Gasteiger partial charge in [0.1, 0.15) is 5.78 Å². The lowest BCUT2D eigenvalue weighted by atomic mass is 10.1. The number of hydrogen-bond donors (Lipinski definition) is 0. The van der Waals surface area contributed by atoms with Crippen LogP contribution < -0.4 is 0 Å². The van der Waals surface area contributed by atoms with Crippen LogP contribution in [0.25, 0.3) is 0 Å². The molecule has 1 saturated carbocycles. The third kappa shape index (κ3) is 3.22. The topological polar surface area (TPSA) is 30.0 Å². The number of rotatable bonds is 4. The molecule has 1 unspecified atom stereocenters. The summed E-state index contributed by atoms with van der Waals surface area (Å²) in [7, 11) is 0. The predicted octanol–water partition coefficient (Wildman–Crippen LogP) is 3.59. The van der Waals surface area contributed by atoms with E-state index < -0.39 is 0 Å². The van der Waals surface area contributed by atoms with E-state index in [1.165, 1.54) is 0 Å². The molecule has 86 valence electrons. The second-order valence-electron chi connectivity index (χ2n) is 4.01. The van der Waals surface area contributed by atoms with E-state index in [2.05, 4.69) is 4.98 Å². The van der Waals surface area contributed by atoms with Crippen LogP contribution in [-0.2, 0) is 4.79 Å². The van der Waals surface area contributed by atoms with Crippen LogP contribution in [0.15, 0.2) is 23.4 Å². The van der Waals surface area contributed by atoms with Crippen molar-refractivity contribution in [2.24, 2.45) is 5.92 Å². The number of Topliss-reactive ketones (excluding diaryl/α,β-unsaturated/α-hetero) is 1. The third-order valence-electron chi connectivity index (χ3n) is 2.85. The zero-order valence-corrected chi connectivity index (χ0v) is 10.6. The van der Waals surface area contributed by atoms with E-state index in [1.54, 1.807) is 18.0 Å². The molecule has 1 aromatic rings. The first-order valence-electron chi connectivity index (χ1n) is 5.53. The van der Waals surface area contributed by atoms with Gasteiger partial charge in [0.25, 0.3) is 0 Å². The fourth-order valence-electron chi connectivity index (χ4n) is 1.95. The second kappa shape index (κ2) is 5.69. The highest BCUT2D eigenvalue weighted by atomic mass is 35.5. The van der Waals surface area contributed by atoms with Crippen molar-refractivity contribution in [3.8, 4) is 0 Å². The molecule has 1 aliphatic rings. The third-order valence-corrected chi connectivity index (χ3v) is 4.05. The van der Waals surface area contributed by atoms with Crippen LogP contribution in [0.4, 0.5) is 0 Å². The minimum atomic E-state index is 0.305. The van der Waals surface area contributed by atoms with E-state index in [0.29, 0.717) is 16.7 Å². The Morgan fingerprint density at radius 3 is 3.00 bits per heavy atom. The number of carbonyl (C=O) groups excluding carboxylic acids is 1. The molecule has 0 saturated heterocycles. The van der Waals surface area contributed by atoms with E-state index in [0.717, 1.165) is 36.5 Å². The lowest BCUT2D eigenvalue weighted by Crippen LogP contribution is -2.06. The molecule has 1 heterocycles. The van der Waals surface area contributed by atoms with Gasteiger partial charge in [0.05, 0.1) is 10.0 Å². The number of aromatic nitrogens is 1. The maximum absolute atomic E-state index is 11.4. The van der Waals surface area contributed by atoms with Gasteiger partial charge in [0.2, 0.25) is 0 Å². The number of pyridine rings is 1. The van der Waals surface area contributed by atoms with Gasteiger partial charge in [-0.25, -0.2) is 4.98 Å². The Hall–Kier alpha value is -0.540. The first-order chi connectivity index (χ1) is 7.75. The Bertz CT molecular complexity index is 366. The van der Waals surface area contributed by atoms with Crippen molar-refractivity contribution in [2.75, 3.05) is 5.75 Å². The number of halogens is 1. The molecule has 1 aromatic heterocycles. The van der Waals surface area contributed by atoms with Crippen molar-refractivity contribution >= 4 is 29.1 Å². The fraction of sp³-hybridized carbons (Fsp3) is 0.500. The molecule has 0 N–H and O–H groups in total. The van der Waals surface area contributed by atoms with Gasteiger partial charge in [0, 0.05) is 24.3 Å². The van der Waals surface area contributed by atoms with Gasteiger partial charge >= 0.3 is 0 Å². The normalized spacial score (nSPS) is 20.3. The van der Waals surface area contributed by atoms with Crippen LogP contribution in [-0.4, -0.2) is 16.5 Å². The summed E-state index contributed by atoms with van der Waals surface area (Å²) < 4.78 is 0. The zero-order valence-electron chi connectivity index (χ0n) is 8.99. The number of carbonyl (C=O) groups is 1. The molecule has 0 aromatic carbocycles. The van der Waals surface area contributed by atoms with Crippen molar-refractivity contribution in [1.29, 1.82) is 0 Å². The van der Waals surface area contributed by atoms with Crippen molar-refractivity contribution in [2.45, 2.75) is 30.7 Å². The van der Waals surface area contributed by atoms with Gasteiger partial charge in [-0.2, -0.15) is 0 Å². The van der Waals surface area contributed by atoms with Crippen molar-refractivity contribution in [3.05, 3.63) is 23.4 Å². The van der Waals surface area contributed by atoms with Gasteiger partial charge in [-0.15, -0.1) is 11.8 Å². The van der Waals surface area contributed by atoms with Crippen LogP contribution in [0, 0.1) is 5.92 Å². The molecule has 16 heavy (non-hydrogen) atoms. The maximum Gasteiger partial charge on any atom is 0.136 e. The van der Waals surface area contributed by atoms with Gasteiger partial charge in [-0.05, 0) is 31.4 Å². The molecule has 2 rings (SSSR count). The highest BCUT2D eigenvalue weighted by Crippen LogP contribution is 2.27. The van der Waals surface area contributed by atoms with Gasteiger partial charge < -0.3 is 0 Å². The molecule has 0 aliphatic heterocycles. The van der Waals surface area contributed by atoms with Crippen molar-refractivity contribution < 1.29 is 4.79 Å². The lowest BCUT2D eigenvalue weighted by Gasteiger charge is -2.06. The van der Waals surface area contributed by atoms with E-state index >= 15 is 0 Å². The van der Waals surface area contributed by atoms with Crippen LogP contribution in [0.1, 0.15) is 25.7 Å². The van der Waals surface area contributed by atoms with Crippen LogP contribution >= 0.6 is 23.4 Å². The SMILES string of the molecule is O=C1CCCC1CCSc1ccc(Cl)cn1. The standard InChI is InChI=1S/C12H14ClNOS/c13-10-4-5-12(14-8-10)16-7-6-9-2-1-3-11(9)15/h4-5,8-9H,1-3,6-7H2. The molecular formula is C12H14ClNOS. The molecule has 0 radical (unpaired) electrons. The first kappa shape index (κ1) is 11.9. The molecular weight excluding hydrogens is 242 g/mol. The molecule has 1 aliphatic carbocycles. The quantitative estimate of drug-likeness (QED) is 0.771. The molecule has 1 fully saturated rings. The maximum atomic E-state index is 11.4. The van der Waals surface area contributed by atoms with E-state index in [-0.39, 0.29) is 0 Å². The van der Waals surface area contributed by atoms with Gasteiger partial charge in [0.15, 0.2) is 0 Å². The van der Waals surface area contributed by atoms with Crippen LogP contribution in [0.2, 0.25) is 5.02 Å². The predicted molar refractivity (Wildman–Crippen MR) is 66.9 cm³/mol. The summed E-state index contributed by atoms with van der Waals surface area (Å²) in [6.45, 7) is 0. The Morgan fingerprint density at radius 1 is 1.50 bits per heavy atom. The average molecular weight is 256 g/mol. The second-order valence-corrected chi connectivity index (χ2v) is 5.56. The van der Waals surface area contributed by atoms with Crippen molar-refractivity contribution in [3.63, 3.8) is 0 Å². The summed E-state index contributed by atoms with van der Waals surface area (Å²) in [5, 5.41) is 1.64. The zero-order chi connectivity index (χ0) is 11.4.